The van der Waals surface area contributed by atoms with Crippen LogP contribution < -0.4 is 10.4 Å². The first-order valence-corrected chi connectivity index (χ1v) is 20.0. The van der Waals surface area contributed by atoms with Crippen LogP contribution >= 0.6 is 0 Å². The van der Waals surface area contributed by atoms with E-state index in [1.54, 1.807) is 0 Å². The van der Waals surface area contributed by atoms with Gasteiger partial charge in [0.2, 0.25) is 0 Å². The minimum absolute atomic E-state index is 0.0452. The Hall–Kier alpha value is -3.55. The highest BCUT2D eigenvalue weighted by Crippen LogP contribution is 2.55. The van der Waals surface area contributed by atoms with E-state index in [9.17, 15) is 4.79 Å². The average Bonchev–Trinajstić information content (AvgIpc) is 3.41. The van der Waals surface area contributed by atoms with E-state index < -0.39 is 8.32 Å². The third-order valence-electron chi connectivity index (χ3n) is 11.3. The fourth-order valence-electron chi connectivity index (χ4n) is 8.93. The Kier molecular flexibility index (Phi) is 9.94. The number of rotatable bonds is 10. The van der Waals surface area contributed by atoms with Gasteiger partial charge in [-0.25, -0.2) is 0 Å². The maximum Gasteiger partial charge on any atom is 0.306 e. The second kappa shape index (κ2) is 14.4. The van der Waals surface area contributed by atoms with Crippen LogP contribution in [-0.4, -0.2) is 46.5 Å². The van der Waals surface area contributed by atoms with Crippen molar-refractivity contribution in [2.24, 2.45) is 17.3 Å². The molecule has 49 heavy (non-hydrogen) atoms. The molecule has 0 radical (unpaired) electrons. The molecule has 2 saturated heterocycles. The minimum atomic E-state index is -2.80. The van der Waals surface area contributed by atoms with Crippen LogP contribution in [0.25, 0.3) is 11.1 Å². The van der Waals surface area contributed by atoms with Gasteiger partial charge in [0.05, 0.1) is 19.1 Å². The van der Waals surface area contributed by atoms with E-state index in [-0.39, 0.29) is 40.7 Å². The summed E-state index contributed by atoms with van der Waals surface area (Å²) in [6.45, 7) is 8.61. The van der Waals surface area contributed by atoms with E-state index in [1.165, 1.54) is 27.1 Å². The molecular weight excluding hydrogens is 625 g/mol. The summed E-state index contributed by atoms with van der Waals surface area (Å²) in [6.07, 6.45) is 4.69. The van der Waals surface area contributed by atoms with Crippen molar-refractivity contribution in [3.8, 4) is 11.1 Å². The van der Waals surface area contributed by atoms with Crippen LogP contribution in [0.3, 0.4) is 0 Å². The fourth-order valence-corrected chi connectivity index (χ4v) is 13.5. The van der Waals surface area contributed by atoms with Crippen molar-refractivity contribution in [1.29, 1.82) is 0 Å². The zero-order valence-corrected chi connectivity index (χ0v) is 30.2. The predicted octanol–water partition coefficient (Wildman–Crippen LogP) is 7.95. The Morgan fingerprint density at radius 1 is 0.796 bits per heavy atom. The van der Waals surface area contributed by atoms with Gasteiger partial charge in [-0.15, -0.1) is 0 Å². The Bertz CT molecular complexity index is 1630. The predicted molar refractivity (Wildman–Crippen MR) is 197 cm³/mol. The molecule has 0 N–H and O–H groups in total. The molecule has 1 saturated carbocycles. The lowest BCUT2D eigenvalue weighted by atomic mass is 9.68. The number of cyclic esters (lactones) is 1. The van der Waals surface area contributed by atoms with Crippen LogP contribution in [-0.2, 0) is 29.9 Å². The fraction of sp³-hybridized carbons (Fsp3) is 0.419. The van der Waals surface area contributed by atoms with Gasteiger partial charge >= 0.3 is 5.97 Å². The lowest BCUT2D eigenvalue weighted by Gasteiger charge is -2.45. The molecule has 1 aliphatic carbocycles. The summed E-state index contributed by atoms with van der Waals surface area (Å²) in [6, 6.07) is 41.0. The quantitative estimate of drug-likeness (QED) is 0.126. The van der Waals surface area contributed by atoms with Crippen LogP contribution in [0.1, 0.15) is 58.4 Å². The number of carbonyl (C=O) groups excluding carboxylic acids is 1. The summed E-state index contributed by atoms with van der Waals surface area (Å²) in [7, 11) is -2.80. The lowest BCUT2D eigenvalue weighted by molar-refractivity contribution is -0.198. The second-order valence-electron chi connectivity index (χ2n) is 15.4. The molecule has 7 rings (SSSR count). The summed E-state index contributed by atoms with van der Waals surface area (Å²) in [5, 5.41) is 2.38. The molecule has 3 aliphatic rings. The number of esters is 1. The standard InChI is InChI=1S/C43H50O5Si/c1-42(2,3)49(35-17-9-5-10-18-35,36-19-11-6-12-20-36)47-30-37-38-31-46-40(44)29-43(38,28-39(37)48-41-21-13-14-26-45-41)27-32-22-24-34(25-23-32)33-15-7-4-8-16-33/h4-12,15-20,22-25,37-39,41H,13-14,21,26-31H2,1-3H3/t37-,38-,39-,41?,43-/m1/s1. The highest BCUT2D eigenvalue weighted by Gasteiger charge is 2.59. The maximum atomic E-state index is 13.2. The van der Waals surface area contributed by atoms with E-state index >= 15 is 0 Å². The van der Waals surface area contributed by atoms with Crippen LogP contribution in [0.2, 0.25) is 5.04 Å². The normalized spacial score (nSPS) is 25.8. The molecule has 4 aromatic rings. The van der Waals surface area contributed by atoms with Gasteiger partial charge in [0.1, 0.15) is 0 Å². The zero-order chi connectivity index (χ0) is 33.9. The van der Waals surface area contributed by atoms with E-state index in [0.29, 0.717) is 19.6 Å². The molecule has 0 amide bonds. The highest BCUT2D eigenvalue weighted by atomic mass is 28.4. The monoisotopic (exact) mass is 674 g/mol. The van der Waals surface area contributed by atoms with Crippen LogP contribution in [0.15, 0.2) is 115 Å². The second-order valence-corrected chi connectivity index (χ2v) is 19.7. The molecule has 0 aromatic heterocycles. The molecule has 4 aromatic carbocycles. The topological polar surface area (TPSA) is 54.0 Å². The highest BCUT2D eigenvalue weighted by molar-refractivity contribution is 6.99. The summed E-state index contributed by atoms with van der Waals surface area (Å²) in [4.78, 5) is 13.2. The minimum Gasteiger partial charge on any atom is -0.465 e. The van der Waals surface area contributed by atoms with Crippen LogP contribution in [0, 0.1) is 17.3 Å². The smallest absolute Gasteiger partial charge is 0.306 e. The molecule has 1 unspecified atom stereocenters. The molecule has 6 heteroatoms. The molecule has 0 bridgehead atoms. The number of hydrogen-bond donors (Lipinski definition) is 0. The first kappa shape index (κ1) is 33.9. The van der Waals surface area contributed by atoms with Gasteiger partial charge in [-0.3, -0.25) is 4.79 Å². The molecule has 0 spiro atoms. The Balaban J connectivity index is 1.24. The van der Waals surface area contributed by atoms with Gasteiger partial charge in [0, 0.05) is 25.0 Å². The first-order valence-electron chi connectivity index (χ1n) is 18.1. The van der Waals surface area contributed by atoms with Gasteiger partial charge in [0.25, 0.3) is 8.32 Å². The van der Waals surface area contributed by atoms with Crippen molar-refractivity contribution in [2.75, 3.05) is 19.8 Å². The Morgan fingerprint density at radius 3 is 2.00 bits per heavy atom. The van der Waals surface area contributed by atoms with E-state index in [0.717, 1.165) is 38.7 Å². The Labute approximate surface area is 293 Å². The number of fused-ring (bicyclic) bond motifs is 1. The largest absolute Gasteiger partial charge is 0.465 e. The van der Waals surface area contributed by atoms with Crippen LogP contribution in [0.5, 0.6) is 0 Å². The SMILES string of the molecule is CC(C)(C)[Si](OC[C@@H]1[C@H]2COC(=O)C[C@@]2(Cc2ccc(-c3ccccc3)cc2)C[C@H]1OC1CCCCO1)(c1ccccc1)c1ccccc1. The molecule has 5 nitrogen and oxygen atoms in total. The molecule has 3 fully saturated rings. The zero-order valence-electron chi connectivity index (χ0n) is 29.2. The molecule has 256 valence electrons. The number of benzene rings is 4. The van der Waals surface area contributed by atoms with Gasteiger partial charge in [-0.2, -0.15) is 0 Å². The Morgan fingerprint density at radius 2 is 1.41 bits per heavy atom. The average molecular weight is 675 g/mol. The van der Waals surface area contributed by atoms with Gasteiger partial charge in [-0.1, -0.05) is 136 Å². The van der Waals surface area contributed by atoms with Crippen molar-refractivity contribution < 1.29 is 23.4 Å². The summed E-state index contributed by atoms with van der Waals surface area (Å²) >= 11 is 0. The number of carbonyl (C=O) groups is 1. The molecule has 5 atom stereocenters. The van der Waals surface area contributed by atoms with Gasteiger partial charge < -0.3 is 18.6 Å². The summed E-state index contributed by atoms with van der Waals surface area (Å²) in [5.41, 5.74) is 3.34. The van der Waals surface area contributed by atoms with Crippen molar-refractivity contribution in [3.63, 3.8) is 0 Å². The molecule has 2 heterocycles. The first-order chi connectivity index (χ1) is 23.8. The van der Waals surface area contributed by atoms with E-state index in [4.69, 9.17) is 18.6 Å². The maximum absolute atomic E-state index is 13.2. The number of ether oxygens (including phenoxy) is 3. The van der Waals surface area contributed by atoms with Crippen molar-refractivity contribution >= 4 is 24.7 Å². The molecule has 2 aliphatic heterocycles. The van der Waals surface area contributed by atoms with E-state index in [2.05, 4.69) is 130 Å². The molecular formula is C43H50O5Si. The third-order valence-corrected chi connectivity index (χ3v) is 16.3. The van der Waals surface area contributed by atoms with E-state index in [1.807, 2.05) is 6.07 Å². The van der Waals surface area contributed by atoms with Crippen LogP contribution in [0.4, 0.5) is 0 Å². The van der Waals surface area contributed by atoms with Gasteiger partial charge in [0.15, 0.2) is 6.29 Å². The third kappa shape index (κ3) is 6.94. The number of hydrogen-bond acceptors (Lipinski definition) is 5. The van der Waals surface area contributed by atoms with Crippen molar-refractivity contribution in [1.82, 2.24) is 0 Å². The van der Waals surface area contributed by atoms with Crippen molar-refractivity contribution in [3.05, 3.63) is 121 Å². The van der Waals surface area contributed by atoms with Gasteiger partial charge in [-0.05, 0) is 69.6 Å². The lowest BCUT2D eigenvalue weighted by Crippen LogP contribution is -2.67. The summed E-state index contributed by atoms with van der Waals surface area (Å²) < 4.78 is 26.6. The van der Waals surface area contributed by atoms with Crippen molar-refractivity contribution in [2.45, 2.75) is 76.7 Å². The summed E-state index contributed by atoms with van der Waals surface area (Å²) in [5.74, 6) is 0.0352.